The number of piperazine rings is 1. The molecule has 0 atom stereocenters. The van der Waals surface area contributed by atoms with Crippen LogP contribution in [0, 0.1) is 0 Å². The zero-order chi connectivity index (χ0) is 24.2. The van der Waals surface area contributed by atoms with Gasteiger partial charge in [0.25, 0.3) is 0 Å². The fourth-order valence-electron chi connectivity index (χ4n) is 5.21. The van der Waals surface area contributed by atoms with Crippen molar-refractivity contribution < 1.29 is 18.0 Å². The summed E-state index contributed by atoms with van der Waals surface area (Å²) in [6.07, 6.45) is -3.08. The highest BCUT2D eigenvalue weighted by Gasteiger charge is 2.39. The van der Waals surface area contributed by atoms with Crippen LogP contribution in [0.15, 0.2) is 54.6 Å². The minimum Gasteiger partial charge on any atom is -0.369 e. The van der Waals surface area contributed by atoms with E-state index >= 15 is 0 Å². The van der Waals surface area contributed by atoms with Gasteiger partial charge in [0.1, 0.15) is 0 Å². The van der Waals surface area contributed by atoms with Crippen LogP contribution < -0.4 is 10.2 Å². The molecule has 184 valence electrons. The lowest BCUT2D eigenvalue weighted by Crippen LogP contribution is -2.53. The Morgan fingerprint density at radius 2 is 1.62 bits per heavy atom. The SMILES string of the molecule is CNCC1(c2cccc(C(F)(F)F)c2)CCN(C(=O)CN2CCN(c3ccccc3)CC2)CC1. The number of hydrogen-bond donors (Lipinski definition) is 1. The number of hydrogen-bond acceptors (Lipinski definition) is 4. The number of piperidine rings is 1. The monoisotopic (exact) mass is 474 g/mol. The van der Waals surface area contributed by atoms with E-state index in [1.54, 1.807) is 6.07 Å². The Balaban J connectivity index is 1.33. The average molecular weight is 475 g/mol. The van der Waals surface area contributed by atoms with Crippen molar-refractivity contribution in [3.05, 3.63) is 65.7 Å². The molecule has 0 aliphatic carbocycles. The number of para-hydroxylation sites is 1. The van der Waals surface area contributed by atoms with Gasteiger partial charge in [-0.2, -0.15) is 13.2 Å². The topological polar surface area (TPSA) is 38.8 Å². The Bertz CT molecular complexity index is 950. The Hall–Kier alpha value is -2.58. The molecule has 0 aromatic heterocycles. The molecule has 34 heavy (non-hydrogen) atoms. The molecule has 0 unspecified atom stereocenters. The maximum absolute atomic E-state index is 13.3. The Morgan fingerprint density at radius 1 is 0.941 bits per heavy atom. The third kappa shape index (κ3) is 5.55. The second-order valence-electron chi connectivity index (χ2n) is 9.37. The fourth-order valence-corrected chi connectivity index (χ4v) is 5.21. The molecule has 5 nitrogen and oxygen atoms in total. The van der Waals surface area contributed by atoms with Gasteiger partial charge in [0.2, 0.25) is 5.91 Å². The molecule has 0 radical (unpaired) electrons. The number of benzene rings is 2. The molecule has 2 aromatic rings. The van der Waals surface area contributed by atoms with Gasteiger partial charge < -0.3 is 15.1 Å². The number of rotatable bonds is 6. The molecule has 2 fully saturated rings. The van der Waals surface area contributed by atoms with Gasteiger partial charge in [-0.1, -0.05) is 36.4 Å². The van der Waals surface area contributed by atoms with Gasteiger partial charge in [-0.05, 0) is 43.7 Å². The Morgan fingerprint density at radius 3 is 2.24 bits per heavy atom. The van der Waals surface area contributed by atoms with E-state index in [0.29, 0.717) is 44.6 Å². The third-order valence-electron chi connectivity index (χ3n) is 7.24. The van der Waals surface area contributed by atoms with Crippen molar-refractivity contribution in [3.63, 3.8) is 0 Å². The third-order valence-corrected chi connectivity index (χ3v) is 7.24. The number of halogens is 3. The molecular formula is C26H33F3N4O. The molecule has 2 heterocycles. The van der Waals surface area contributed by atoms with Crippen LogP contribution in [0.4, 0.5) is 18.9 Å². The maximum Gasteiger partial charge on any atom is 0.416 e. The Labute approximate surface area is 199 Å². The van der Waals surface area contributed by atoms with E-state index in [1.165, 1.54) is 17.8 Å². The van der Waals surface area contributed by atoms with Crippen LogP contribution >= 0.6 is 0 Å². The highest BCUT2D eigenvalue weighted by atomic mass is 19.4. The zero-order valence-electron chi connectivity index (χ0n) is 19.7. The molecule has 2 aliphatic heterocycles. The van der Waals surface area contributed by atoms with Crippen LogP contribution in [0.25, 0.3) is 0 Å². The maximum atomic E-state index is 13.3. The van der Waals surface area contributed by atoms with Crippen LogP contribution in [0.2, 0.25) is 0 Å². The molecule has 1 amide bonds. The van der Waals surface area contributed by atoms with Crippen molar-refractivity contribution in [1.29, 1.82) is 0 Å². The van der Waals surface area contributed by atoms with Crippen LogP contribution in [-0.4, -0.2) is 75.1 Å². The van der Waals surface area contributed by atoms with Crippen LogP contribution in [0.5, 0.6) is 0 Å². The zero-order valence-corrected chi connectivity index (χ0v) is 19.7. The standard InChI is InChI=1S/C26H33F3N4O/c1-30-20-25(21-6-5-7-22(18-21)26(27,28)29)10-12-33(13-11-25)24(34)19-31-14-16-32(17-15-31)23-8-3-2-4-9-23/h2-9,18,30H,10-17,19-20H2,1H3. The number of anilines is 1. The Kier molecular flexibility index (Phi) is 7.48. The summed E-state index contributed by atoms with van der Waals surface area (Å²) in [6.45, 7) is 5.53. The summed E-state index contributed by atoms with van der Waals surface area (Å²) in [5.41, 5.74) is 0.878. The van der Waals surface area contributed by atoms with E-state index in [1.807, 2.05) is 30.1 Å². The lowest BCUT2D eigenvalue weighted by Gasteiger charge is -2.43. The van der Waals surface area contributed by atoms with Crippen molar-refractivity contribution in [1.82, 2.24) is 15.1 Å². The highest BCUT2D eigenvalue weighted by molar-refractivity contribution is 5.78. The van der Waals surface area contributed by atoms with Crippen LogP contribution in [0.3, 0.4) is 0 Å². The quantitative estimate of drug-likeness (QED) is 0.695. The van der Waals surface area contributed by atoms with Gasteiger partial charge in [0.15, 0.2) is 0 Å². The number of likely N-dealkylation sites (tertiary alicyclic amines) is 1. The molecule has 1 N–H and O–H groups in total. The van der Waals surface area contributed by atoms with E-state index in [4.69, 9.17) is 0 Å². The lowest BCUT2D eigenvalue weighted by atomic mass is 9.72. The van der Waals surface area contributed by atoms with Crippen LogP contribution in [-0.2, 0) is 16.4 Å². The minimum atomic E-state index is -4.36. The minimum absolute atomic E-state index is 0.107. The molecule has 4 rings (SSSR count). The summed E-state index contributed by atoms with van der Waals surface area (Å²) in [5.74, 6) is 0.107. The molecule has 8 heteroatoms. The second-order valence-corrected chi connectivity index (χ2v) is 9.37. The van der Waals surface area contributed by atoms with Crippen molar-refractivity contribution >= 4 is 11.6 Å². The van der Waals surface area contributed by atoms with E-state index in [2.05, 4.69) is 27.2 Å². The van der Waals surface area contributed by atoms with Crippen molar-refractivity contribution in [2.45, 2.75) is 24.4 Å². The summed E-state index contributed by atoms with van der Waals surface area (Å²) in [6, 6.07) is 16.0. The lowest BCUT2D eigenvalue weighted by molar-refractivity contribution is -0.137. The number of nitrogens with one attached hydrogen (secondary N) is 1. The van der Waals surface area contributed by atoms with Gasteiger partial charge in [-0.15, -0.1) is 0 Å². The summed E-state index contributed by atoms with van der Waals surface area (Å²) in [7, 11) is 1.82. The number of likely N-dealkylation sites (N-methyl/N-ethyl adjacent to an activating group) is 1. The van der Waals surface area contributed by atoms with Gasteiger partial charge in [-0.25, -0.2) is 0 Å². The van der Waals surface area contributed by atoms with Crippen LogP contribution in [0.1, 0.15) is 24.0 Å². The van der Waals surface area contributed by atoms with Crippen molar-refractivity contribution in [3.8, 4) is 0 Å². The number of carbonyl (C=O) groups is 1. The summed E-state index contributed by atoms with van der Waals surface area (Å²) < 4.78 is 39.8. The molecule has 2 aliphatic rings. The number of carbonyl (C=O) groups excluding carboxylic acids is 1. The largest absolute Gasteiger partial charge is 0.416 e. The molecule has 0 spiro atoms. The van der Waals surface area contributed by atoms with Gasteiger partial charge in [0, 0.05) is 56.9 Å². The van der Waals surface area contributed by atoms with E-state index in [0.717, 1.165) is 32.2 Å². The summed E-state index contributed by atoms with van der Waals surface area (Å²) >= 11 is 0. The normalized spacial score (nSPS) is 19.3. The first-order chi connectivity index (χ1) is 16.3. The van der Waals surface area contributed by atoms with E-state index < -0.39 is 17.2 Å². The first kappa shape index (κ1) is 24.5. The number of nitrogens with zero attached hydrogens (tertiary/aromatic N) is 3. The van der Waals surface area contributed by atoms with E-state index in [9.17, 15) is 18.0 Å². The first-order valence-corrected chi connectivity index (χ1v) is 11.9. The van der Waals surface area contributed by atoms with Gasteiger partial charge in [0.05, 0.1) is 12.1 Å². The number of alkyl halides is 3. The van der Waals surface area contributed by atoms with Gasteiger partial charge >= 0.3 is 6.18 Å². The summed E-state index contributed by atoms with van der Waals surface area (Å²) in [4.78, 5) is 19.4. The smallest absolute Gasteiger partial charge is 0.369 e. The number of amides is 1. The molecular weight excluding hydrogens is 441 g/mol. The summed E-state index contributed by atoms with van der Waals surface area (Å²) in [5, 5.41) is 3.16. The fraction of sp³-hybridized carbons (Fsp3) is 0.500. The van der Waals surface area contributed by atoms with Gasteiger partial charge in [-0.3, -0.25) is 9.69 Å². The molecule has 2 aromatic carbocycles. The highest BCUT2D eigenvalue weighted by Crippen LogP contribution is 2.38. The first-order valence-electron chi connectivity index (χ1n) is 11.9. The van der Waals surface area contributed by atoms with Crippen molar-refractivity contribution in [2.75, 3.05) is 64.3 Å². The molecule has 0 saturated carbocycles. The predicted octanol–water partition coefficient (Wildman–Crippen LogP) is 3.61. The average Bonchev–Trinajstić information content (AvgIpc) is 2.85. The predicted molar refractivity (Wildman–Crippen MR) is 128 cm³/mol. The molecule has 0 bridgehead atoms. The second kappa shape index (κ2) is 10.4. The molecule has 2 saturated heterocycles. The van der Waals surface area contributed by atoms with Crippen molar-refractivity contribution in [2.24, 2.45) is 0 Å². The van der Waals surface area contributed by atoms with E-state index in [-0.39, 0.29) is 5.91 Å².